The van der Waals surface area contributed by atoms with Crippen molar-refractivity contribution >= 4 is 0 Å². The van der Waals surface area contributed by atoms with Gasteiger partial charge in [-0.05, 0) is 37.8 Å². The zero-order valence-corrected chi connectivity index (χ0v) is 9.01. The molecule has 2 nitrogen and oxygen atoms in total. The van der Waals surface area contributed by atoms with Crippen molar-refractivity contribution in [3.8, 4) is 5.75 Å². The molecule has 0 amide bonds. The normalized spacial score (nSPS) is 15.2. The molecule has 0 radical (unpaired) electrons. The van der Waals surface area contributed by atoms with Crippen LogP contribution in [0.15, 0.2) is 12.1 Å². The smallest absolute Gasteiger partial charge is 0.168 e. The minimum Gasteiger partial charge on any atom is -0.490 e. The van der Waals surface area contributed by atoms with Crippen LogP contribution in [0.4, 0.5) is 8.78 Å². The summed E-state index contributed by atoms with van der Waals surface area (Å²) in [5.41, 5.74) is 5.91. The minimum atomic E-state index is -0.635. The van der Waals surface area contributed by atoms with Crippen LogP contribution in [0.1, 0.15) is 18.4 Å². The molecule has 1 aliphatic carbocycles. The summed E-state index contributed by atoms with van der Waals surface area (Å²) in [6.45, 7) is 0.864. The lowest BCUT2D eigenvalue weighted by molar-refractivity contribution is 0.281. The van der Waals surface area contributed by atoms with E-state index in [1.54, 1.807) is 0 Å². The van der Waals surface area contributed by atoms with Gasteiger partial charge in [0.2, 0.25) is 0 Å². The van der Waals surface area contributed by atoms with Crippen molar-refractivity contribution in [2.24, 2.45) is 11.7 Å². The molecular formula is C12H15F2NO. The summed E-state index contributed by atoms with van der Waals surface area (Å²) in [5, 5.41) is 0. The van der Waals surface area contributed by atoms with Crippen molar-refractivity contribution in [3.63, 3.8) is 0 Å². The average molecular weight is 227 g/mol. The van der Waals surface area contributed by atoms with Gasteiger partial charge in [0.15, 0.2) is 11.6 Å². The molecule has 0 saturated heterocycles. The zero-order valence-electron chi connectivity index (χ0n) is 9.01. The van der Waals surface area contributed by atoms with Crippen molar-refractivity contribution in [2.45, 2.75) is 19.3 Å². The number of hydrogen-bond donors (Lipinski definition) is 1. The molecule has 2 N–H and O–H groups in total. The van der Waals surface area contributed by atoms with Gasteiger partial charge in [-0.15, -0.1) is 0 Å². The number of benzene rings is 1. The van der Waals surface area contributed by atoms with Gasteiger partial charge in [0.25, 0.3) is 0 Å². The Bertz CT molecular complexity index is 378. The maximum Gasteiger partial charge on any atom is 0.168 e. The van der Waals surface area contributed by atoms with Gasteiger partial charge < -0.3 is 10.5 Å². The van der Waals surface area contributed by atoms with Crippen molar-refractivity contribution in [3.05, 3.63) is 29.3 Å². The Labute approximate surface area is 93.4 Å². The molecule has 0 bridgehead atoms. The summed E-state index contributed by atoms with van der Waals surface area (Å²) in [5.74, 6) is -0.516. The zero-order chi connectivity index (χ0) is 11.5. The third-order valence-electron chi connectivity index (χ3n) is 2.66. The summed E-state index contributed by atoms with van der Waals surface area (Å²) >= 11 is 0. The number of halogens is 2. The predicted molar refractivity (Wildman–Crippen MR) is 57.3 cm³/mol. The molecule has 0 aromatic heterocycles. The summed E-state index contributed by atoms with van der Waals surface area (Å²) < 4.78 is 31.9. The molecule has 0 spiro atoms. The first-order chi connectivity index (χ1) is 7.70. The van der Waals surface area contributed by atoms with Crippen LogP contribution >= 0.6 is 0 Å². The van der Waals surface area contributed by atoms with Gasteiger partial charge in [0.1, 0.15) is 5.82 Å². The van der Waals surface area contributed by atoms with Crippen LogP contribution in [0.5, 0.6) is 5.75 Å². The minimum absolute atomic E-state index is 0.166. The van der Waals surface area contributed by atoms with Crippen molar-refractivity contribution < 1.29 is 13.5 Å². The van der Waals surface area contributed by atoms with Crippen LogP contribution in [-0.4, -0.2) is 13.2 Å². The first kappa shape index (κ1) is 11.3. The number of rotatable bonds is 5. The fraction of sp³-hybridized carbons (Fsp3) is 0.500. The molecule has 1 fully saturated rings. The van der Waals surface area contributed by atoms with Crippen LogP contribution in [0, 0.1) is 17.6 Å². The molecule has 88 valence electrons. The number of nitrogens with two attached hydrogens (primary N) is 1. The molecular weight excluding hydrogens is 212 g/mol. The molecule has 16 heavy (non-hydrogen) atoms. The molecule has 0 unspecified atom stereocenters. The van der Waals surface area contributed by atoms with Crippen LogP contribution in [0.3, 0.4) is 0 Å². The van der Waals surface area contributed by atoms with E-state index < -0.39 is 11.6 Å². The van der Waals surface area contributed by atoms with Crippen molar-refractivity contribution in [2.75, 3.05) is 13.2 Å². The maximum atomic E-state index is 13.5. The Morgan fingerprint density at radius 1 is 1.31 bits per heavy atom. The molecule has 0 heterocycles. The molecule has 0 atom stereocenters. The van der Waals surface area contributed by atoms with E-state index in [0.717, 1.165) is 18.9 Å². The first-order valence-electron chi connectivity index (χ1n) is 5.51. The fourth-order valence-electron chi connectivity index (χ4n) is 1.60. The standard InChI is InChI=1S/C12H15F2NO/c13-10-5-9(3-4-15)12(11(14)6-10)16-7-8-1-2-8/h5-6,8H,1-4,7,15H2. The SMILES string of the molecule is NCCc1cc(F)cc(F)c1OCC1CC1. The molecule has 1 aromatic rings. The summed E-state index contributed by atoms with van der Waals surface area (Å²) in [7, 11) is 0. The van der Waals surface area contributed by atoms with E-state index in [4.69, 9.17) is 10.5 Å². The van der Waals surface area contributed by atoms with Gasteiger partial charge in [-0.1, -0.05) is 0 Å². The van der Waals surface area contributed by atoms with Gasteiger partial charge in [-0.25, -0.2) is 8.78 Å². The van der Waals surface area contributed by atoms with E-state index in [1.807, 2.05) is 0 Å². The van der Waals surface area contributed by atoms with Crippen LogP contribution < -0.4 is 10.5 Å². The van der Waals surface area contributed by atoms with E-state index in [2.05, 4.69) is 0 Å². The second-order valence-corrected chi connectivity index (χ2v) is 4.17. The molecule has 1 saturated carbocycles. The van der Waals surface area contributed by atoms with Gasteiger partial charge in [-0.2, -0.15) is 0 Å². The van der Waals surface area contributed by atoms with Crippen LogP contribution in [0.25, 0.3) is 0 Å². The van der Waals surface area contributed by atoms with Gasteiger partial charge >= 0.3 is 0 Å². The third-order valence-corrected chi connectivity index (χ3v) is 2.66. The van der Waals surface area contributed by atoms with Crippen molar-refractivity contribution in [1.29, 1.82) is 0 Å². The Kier molecular flexibility index (Phi) is 3.39. The first-order valence-corrected chi connectivity index (χ1v) is 5.51. The molecule has 1 aromatic carbocycles. The largest absolute Gasteiger partial charge is 0.490 e. The van der Waals surface area contributed by atoms with E-state index >= 15 is 0 Å². The number of ether oxygens (including phenoxy) is 1. The fourth-order valence-corrected chi connectivity index (χ4v) is 1.60. The topological polar surface area (TPSA) is 35.2 Å². The monoisotopic (exact) mass is 227 g/mol. The Morgan fingerprint density at radius 3 is 2.69 bits per heavy atom. The Balaban J connectivity index is 2.16. The lowest BCUT2D eigenvalue weighted by atomic mass is 10.1. The predicted octanol–water partition coefficient (Wildman–Crippen LogP) is 2.25. The second kappa shape index (κ2) is 4.78. The quantitative estimate of drug-likeness (QED) is 0.837. The second-order valence-electron chi connectivity index (χ2n) is 4.17. The molecule has 4 heteroatoms. The van der Waals surface area contributed by atoms with E-state index in [0.29, 0.717) is 31.1 Å². The van der Waals surface area contributed by atoms with E-state index in [-0.39, 0.29) is 5.75 Å². The number of hydrogen-bond acceptors (Lipinski definition) is 2. The third kappa shape index (κ3) is 2.70. The molecule has 1 aliphatic rings. The maximum absolute atomic E-state index is 13.5. The van der Waals surface area contributed by atoms with E-state index in [1.165, 1.54) is 6.07 Å². The highest BCUT2D eigenvalue weighted by Gasteiger charge is 2.23. The summed E-state index contributed by atoms with van der Waals surface area (Å²) in [4.78, 5) is 0. The summed E-state index contributed by atoms with van der Waals surface area (Å²) in [6, 6.07) is 2.14. The molecule has 0 aliphatic heterocycles. The van der Waals surface area contributed by atoms with Crippen LogP contribution in [-0.2, 0) is 6.42 Å². The van der Waals surface area contributed by atoms with E-state index in [9.17, 15) is 8.78 Å². The average Bonchev–Trinajstić information content (AvgIpc) is 3.00. The highest BCUT2D eigenvalue weighted by molar-refractivity contribution is 5.36. The van der Waals surface area contributed by atoms with Crippen LogP contribution in [0.2, 0.25) is 0 Å². The van der Waals surface area contributed by atoms with Gasteiger partial charge in [-0.3, -0.25) is 0 Å². The Hall–Kier alpha value is -1.16. The lowest BCUT2D eigenvalue weighted by Crippen LogP contribution is -2.08. The lowest BCUT2D eigenvalue weighted by Gasteiger charge is -2.11. The Morgan fingerprint density at radius 2 is 2.06 bits per heavy atom. The van der Waals surface area contributed by atoms with Crippen molar-refractivity contribution in [1.82, 2.24) is 0 Å². The van der Waals surface area contributed by atoms with Gasteiger partial charge in [0, 0.05) is 11.6 Å². The highest BCUT2D eigenvalue weighted by atomic mass is 19.1. The summed E-state index contributed by atoms with van der Waals surface area (Å²) in [6.07, 6.45) is 2.69. The molecule has 2 rings (SSSR count). The van der Waals surface area contributed by atoms with Gasteiger partial charge in [0.05, 0.1) is 6.61 Å². The highest BCUT2D eigenvalue weighted by Crippen LogP contribution is 2.31.